The lowest BCUT2D eigenvalue weighted by atomic mass is 10.0. The smallest absolute Gasteiger partial charge is 0.326 e. The molecule has 0 aliphatic heterocycles. The maximum Gasteiger partial charge on any atom is 0.326 e. The van der Waals surface area contributed by atoms with E-state index >= 15 is 0 Å². The summed E-state index contributed by atoms with van der Waals surface area (Å²) in [6.45, 7) is 3.00. The highest BCUT2D eigenvalue weighted by molar-refractivity contribution is 7.80. The third-order valence-corrected chi connectivity index (χ3v) is 16.9. The number of guanidine groups is 1. The van der Waals surface area contributed by atoms with E-state index in [4.69, 9.17) is 45.5 Å². The van der Waals surface area contributed by atoms with Crippen LogP contribution in [-0.4, -0.2) is 267 Å². The lowest BCUT2D eigenvalue weighted by molar-refractivity contribution is -0.144. The number of thiol groups is 1. The first-order chi connectivity index (χ1) is 55.2. The number of hydrogen-bond acceptors (Lipinski definition) is 26. The van der Waals surface area contributed by atoms with Gasteiger partial charge in [-0.2, -0.15) is 12.6 Å². The van der Waals surface area contributed by atoms with E-state index in [-0.39, 0.29) is 32.2 Å². The second-order valence-corrected chi connectivity index (χ2v) is 27.6. The average molecular weight is 1690 g/mol. The molecule has 118 heavy (non-hydrogen) atoms. The lowest BCUT2D eigenvalue weighted by Gasteiger charge is -2.28. The van der Waals surface area contributed by atoms with Gasteiger partial charge in [0.15, 0.2) is 5.96 Å². The fraction of sp³-hybridized carbons (Fsp3) is 0.507. The minimum absolute atomic E-state index is 0.129. The second-order valence-electron chi connectivity index (χ2n) is 27.2. The van der Waals surface area contributed by atoms with Gasteiger partial charge in [0.25, 0.3) is 0 Å². The van der Waals surface area contributed by atoms with Crippen molar-refractivity contribution in [2.75, 3.05) is 25.4 Å². The van der Waals surface area contributed by atoms with Crippen molar-refractivity contribution in [3.63, 3.8) is 0 Å². The molecule has 0 radical (unpaired) electrons. The molecule has 49 heteroatoms. The number of nitrogens with one attached hydrogen (secondary N) is 16. The van der Waals surface area contributed by atoms with Gasteiger partial charge in [-0.25, -0.2) is 4.79 Å². The molecule has 0 aromatic heterocycles. The zero-order valence-electron chi connectivity index (χ0n) is 64.5. The summed E-state index contributed by atoms with van der Waals surface area (Å²) in [5.41, 5.74) is 38.2. The van der Waals surface area contributed by atoms with Crippen molar-refractivity contribution >= 4 is 143 Å². The predicted octanol–water partition coefficient (Wildman–Crippen LogP) is -13.2. The van der Waals surface area contributed by atoms with Crippen molar-refractivity contribution in [3.8, 4) is 0 Å². The van der Waals surface area contributed by atoms with Gasteiger partial charge in [0.05, 0.1) is 69.9 Å². The van der Waals surface area contributed by atoms with E-state index in [1.54, 1.807) is 62.4 Å². The van der Waals surface area contributed by atoms with E-state index in [1.807, 2.05) is 0 Å². The number of rotatable bonds is 54. The maximum atomic E-state index is 14.3. The van der Waals surface area contributed by atoms with Crippen molar-refractivity contribution in [2.45, 2.75) is 189 Å². The Labute approximate surface area is 678 Å². The van der Waals surface area contributed by atoms with Gasteiger partial charge < -0.3 is 140 Å². The van der Waals surface area contributed by atoms with E-state index in [0.29, 0.717) is 11.1 Å². The van der Waals surface area contributed by atoms with Gasteiger partial charge >= 0.3 is 11.9 Å². The Morgan fingerprint density at radius 1 is 0.373 bits per heavy atom. The van der Waals surface area contributed by atoms with Gasteiger partial charge in [-0.05, 0) is 50.2 Å². The summed E-state index contributed by atoms with van der Waals surface area (Å²) in [4.78, 5) is 276. The van der Waals surface area contributed by atoms with Gasteiger partial charge in [-0.3, -0.25) is 101 Å². The topological polar surface area (TPSA) is 826 Å². The summed E-state index contributed by atoms with van der Waals surface area (Å²) in [6.07, 6.45) is -10.7. The summed E-state index contributed by atoms with van der Waals surface area (Å²) in [7, 11) is 0. The van der Waals surface area contributed by atoms with Gasteiger partial charge in [0.2, 0.25) is 112 Å². The molecule has 0 aliphatic carbocycles. The minimum Gasteiger partial charge on any atom is -0.481 e. The third kappa shape index (κ3) is 38.8. The van der Waals surface area contributed by atoms with E-state index in [1.165, 1.54) is 12.1 Å². The van der Waals surface area contributed by atoms with Crippen LogP contribution in [0.2, 0.25) is 0 Å². The van der Waals surface area contributed by atoms with Crippen LogP contribution in [0.3, 0.4) is 0 Å². The number of carboxylic acid groups (broad SMARTS) is 2. The largest absolute Gasteiger partial charge is 0.481 e. The molecule has 34 N–H and O–H groups in total. The monoisotopic (exact) mass is 1690 g/mol. The second kappa shape index (κ2) is 50.9. The number of carbonyl (C=O) groups excluding carboxylic acids is 19. The van der Waals surface area contributed by atoms with E-state index in [2.05, 4.69) is 92.4 Å². The summed E-state index contributed by atoms with van der Waals surface area (Å²) in [6, 6.07) is -8.18. The summed E-state index contributed by atoms with van der Waals surface area (Å²) >= 11 is 4.14. The highest BCUT2D eigenvalue weighted by Crippen LogP contribution is 2.13. The Morgan fingerprint density at radius 3 is 1.08 bits per heavy atom. The number of aliphatic hydroxyl groups is 2. The molecule has 15 atom stereocenters. The van der Waals surface area contributed by atoms with Gasteiger partial charge in [0, 0.05) is 25.1 Å². The number of carboxylic acids is 2. The molecule has 0 unspecified atom stereocenters. The third-order valence-electron chi connectivity index (χ3n) is 16.5. The first-order valence-corrected chi connectivity index (χ1v) is 36.8. The minimum atomic E-state index is -2.16. The molecule has 0 saturated carbocycles. The Hall–Kier alpha value is -13.2. The Bertz CT molecular complexity index is 3960. The standard InChI is InChI=1S/C69H103N23O25S/c1-30(2)18-37(60(108)87-41(23-48(73)97)62(110)81-36(16-11-17-78-69(76)77)59(107)86-42(24-49(74)98)63(111)85-39(20-34-14-9-6-10-15-34)61(109)89-44(68(116)117)25-50(75)99)83-64(112)43(26-53(102)103)88-66(114)54(31(3)93)91-51(100)27-79-57(105)38(19-33-12-7-5-8-13-33)84-65(113)45(29-118)90-67(115)55(32(4)94)92-52(101)28-80-58(106)40(22-47(72)96)82-56(104)35(70)21-46(71)95/h5-10,12-15,30-32,35-45,54-55,93-94,118H,11,16-29,70H2,1-4H3,(H2,71,95)(H2,72,96)(H2,73,97)(H2,74,98)(H2,75,99)(H,79,105)(H,80,106)(H,81,110)(H,82,104)(H,83,112)(H,84,113)(H,85,111)(H,86,107)(H,87,108)(H,88,114)(H,89,109)(H,90,115)(H,91,100)(H,92,101)(H,102,103)(H,116,117)(H4,76,77,78)/t31-,32-,35+,36+,37+,38+,39+,40+,41+,42+,43+,44+,45+,54+,55+/m1/s1. The van der Waals surface area contributed by atoms with Crippen LogP contribution in [0.25, 0.3) is 0 Å². The summed E-state index contributed by atoms with van der Waals surface area (Å²) < 4.78 is 0. The molecular formula is C69H103N23O25S. The number of amides is 19. The molecule has 0 spiro atoms. The van der Waals surface area contributed by atoms with Gasteiger partial charge in [-0.1, -0.05) is 74.5 Å². The lowest BCUT2D eigenvalue weighted by Crippen LogP contribution is -2.61. The number of hydrogen-bond donors (Lipinski definition) is 28. The number of aliphatic hydroxyl groups excluding tert-OH is 2. The van der Waals surface area contributed by atoms with Crippen LogP contribution in [0.5, 0.6) is 0 Å². The van der Waals surface area contributed by atoms with Crippen molar-refractivity contribution < 1.29 is 121 Å². The highest BCUT2D eigenvalue weighted by atomic mass is 32.1. The quantitative estimate of drug-likeness (QED) is 0.0127. The zero-order valence-corrected chi connectivity index (χ0v) is 65.4. The van der Waals surface area contributed by atoms with Gasteiger partial charge in [0.1, 0.15) is 72.5 Å². The molecule has 48 nitrogen and oxygen atoms in total. The molecule has 0 aliphatic rings. The molecule has 0 fully saturated rings. The summed E-state index contributed by atoms with van der Waals surface area (Å²) in [5, 5.41) is 81.9. The van der Waals surface area contributed by atoms with Crippen molar-refractivity contribution in [2.24, 2.45) is 46.1 Å². The molecule has 2 aromatic carbocycles. The molecule has 0 saturated heterocycles. The van der Waals surface area contributed by atoms with E-state index < -0.39 is 291 Å². The van der Waals surface area contributed by atoms with Crippen molar-refractivity contribution in [1.29, 1.82) is 5.41 Å². The number of carbonyl (C=O) groups is 21. The molecule has 0 heterocycles. The van der Waals surface area contributed by atoms with Crippen LogP contribution in [0.15, 0.2) is 60.7 Å². The molecule has 650 valence electrons. The molecule has 0 bridgehead atoms. The molecular weight excluding hydrogens is 1580 g/mol. The number of nitrogens with two attached hydrogens (primary N) is 7. The Balaban J connectivity index is 2.40. The van der Waals surface area contributed by atoms with Crippen LogP contribution in [0.1, 0.15) is 96.6 Å². The fourth-order valence-electron chi connectivity index (χ4n) is 10.7. The number of benzene rings is 2. The molecule has 2 aromatic rings. The van der Waals surface area contributed by atoms with Crippen LogP contribution in [0.4, 0.5) is 0 Å². The average Bonchev–Trinajstić information content (AvgIpc) is 0.826. The fourth-order valence-corrected chi connectivity index (χ4v) is 10.9. The maximum absolute atomic E-state index is 14.3. The van der Waals surface area contributed by atoms with Crippen molar-refractivity contribution in [3.05, 3.63) is 71.8 Å². The molecule has 19 amide bonds. The number of primary amides is 5. The SMILES string of the molecule is CC(C)C[C@H](NC(=O)[C@H](CC(=O)O)NC(=O)[C@@H](NC(=O)CNC(=O)[C@H](Cc1ccccc1)NC(=O)[C@H](CS)NC(=O)[C@@H](NC(=O)CNC(=O)[C@H](CC(N)=O)NC(=O)[C@@H](N)CC(N)=O)[C@@H](C)O)[C@@H](C)O)C(=O)N[C@@H](CC(N)=O)C(=O)N[C@@H](CCCNC(=N)N)C(=O)N[C@@H](CC(N)=O)C(=O)N[C@@H](Cc1ccccc1)C(=O)N[C@@H](CC(N)=O)C(=O)O. The van der Waals surface area contributed by atoms with Crippen LogP contribution < -0.4 is 120 Å². The van der Waals surface area contributed by atoms with Gasteiger partial charge in [-0.15, -0.1) is 0 Å². The van der Waals surface area contributed by atoms with Crippen LogP contribution >= 0.6 is 12.6 Å². The number of aliphatic carboxylic acids is 2. The van der Waals surface area contributed by atoms with E-state index in [0.717, 1.165) is 13.8 Å². The Morgan fingerprint density at radius 2 is 0.686 bits per heavy atom. The highest BCUT2D eigenvalue weighted by Gasteiger charge is 2.39. The van der Waals surface area contributed by atoms with Crippen LogP contribution in [0, 0.1) is 11.3 Å². The first kappa shape index (κ1) is 101. The molecule has 2 rings (SSSR count). The van der Waals surface area contributed by atoms with E-state index in [9.17, 15) is 121 Å². The normalized spacial score (nSPS) is 14.7. The Kier molecular flexibility index (Phi) is 43.5. The predicted molar refractivity (Wildman–Crippen MR) is 412 cm³/mol. The van der Waals surface area contributed by atoms with Crippen molar-refractivity contribution in [1.82, 2.24) is 79.8 Å². The van der Waals surface area contributed by atoms with Crippen LogP contribution in [-0.2, 0) is 114 Å². The first-order valence-electron chi connectivity index (χ1n) is 36.1. The summed E-state index contributed by atoms with van der Waals surface area (Å²) in [5.74, 6) is -27.9. The zero-order chi connectivity index (χ0) is 89.4.